The van der Waals surface area contributed by atoms with E-state index in [0.717, 1.165) is 5.56 Å². The summed E-state index contributed by atoms with van der Waals surface area (Å²) in [5.41, 5.74) is 2.06. The van der Waals surface area contributed by atoms with Gasteiger partial charge in [-0.1, -0.05) is 12.1 Å². The Bertz CT molecular complexity index is 1020. The van der Waals surface area contributed by atoms with Crippen LogP contribution in [0, 0.1) is 0 Å². The Morgan fingerprint density at radius 2 is 1.96 bits per heavy atom. The highest BCUT2D eigenvalue weighted by atomic mass is 32.2. The molecule has 0 aromatic heterocycles. The van der Waals surface area contributed by atoms with Crippen LogP contribution >= 0.6 is 0 Å². The van der Waals surface area contributed by atoms with E-state index in [-0.39, 0.29) is 12.0 Å². The lowest BCUT2D eigenvalue weighted by Crippen LogP contribution is -2.41. The molecule has 4 rings (SSSR count). The molecule has 0 aliphatic carbocycles. The van der Waals surface area contributed by atoms with Gasteiger partial charge in [-0.3, -0.25) is 9.10 Å². The number of fused-ring (bicyclic) bond motifs is 2. The van der Waals surface area contributed by atoms with Crippen LogP contribution in [0.1, 0.15) is 15.9 Å². The first-order chi connectivity index (χ1) is 13.3. The summed E-state index contributed by atoms with van der Waals surface area (Å²) < 4.78 is 36.7. The Morgan fingerprint density at radius 1 is 1.21 bits per heavy atom. The van der Waals surface area contributed by atoms with Crippen molar-refractivity contribution in [1.29, 1.82) is 0 Å². The van der Waals surface area contributed by atoms with Gasteiger partial charge in [-0.2, -0.15) is 0 Å². The molecule has 0 bridgehead atoms. The minimum Gasteiger partial charge on any atom is -0.486 e. The third-order valence-electron chi connectivity index (χ3n) is 4.97. The minimum atomic E-state index is -3.30. The second-order valence-electron chi connectivity index (χ2n) is 7.11. The zero-order valence-corrected chi connectivity index (χ0v) is 16.6. The van der Waals surface area contributed by atoms with Gasteiger partial charge >= 0.3 is 0 Å². The number of amides is 1. The molecule has 0 radical (unpaired) electrons. The molecule has 0 saturated heterocycles. The quantitative estimate of drug-likeness (QED) is 0.781. The number of ether oxygens (including phenoxy) is 2. The van der Waals surface area contributed by atoms with Gasteiger partial charge in [-0.15, -0.1) is 0 Å². The number of likely N-dealkylation sites (N-methyl/N-ethyl adjacent to an activating group) is 1. The molecule has 1 atom stereocenters. The highest BCUT2D eigenvalue weighted by molar-refractivity contribution is 7.92. The van der Waals surface area contributed by atoms with Crippen LogP contribution < -0.4 is 13.8 Å². The molecule has 1 unspecified atom stereocenters. The van der Waals surface area contributed by atoms with E-state index in [1.54, 1.807) is 30.1 Å². The van der Waals surface area contributed by atoms with Gasteiger partial charge in [0.25, 0.3) is 5.91 Å². The monoisotopic (exact) mass is 402 g/mol. The number of rotatable bonds is 4. The van der Waals surface area contributed by atoms with Crippen molar-refractivity contribution < 1.29 is 22.7 Å². The largest absolute Gasteiger partial charge is 0.486 e. The van der Waals surface area contributed by atoms with Crippen molar-refractivity contribution in [3.8, 4) is 11.5 Å². The normalized spacial score (nSPS) is 17.9. The Kier molecular flexibility index (Phi) is 4.66. The number of benzene rings is 2. The molecular weight excluding hydrogens is 380 g/mol. The molecule has 2 aromatic rings. The molecule has 2 aliphatic heterocycles. The molecule has 2 aromatic carbocycles. The van der Waals surface area contributed by atoms with Gasteiger partial charge in [0.2, 0.25) is 10.0 Å². The van der Waals surface area contributed by atoms with E-state index in [2.05, 4.69) is 0 Å². The molecule has 0 fully saturated rings. The molecule has 148 valence electrons. The summed E-state index contributed by atoms with van der Waals surface area (Å²) in [6.45, 7) is 1.18. The van der Waals surface area contributed by atoms with E-state index in [4.69, 9.17) is 9.47 Å². The van der Waals surface area contributed by atoms with Crippen LogP contribution in [0.2, 0.25) is 0 Å². The van der Waals surface area contributed by atoms with E-state index in [1.807, 2.05) is 24.3 Å². The molecule has 28 heavy (non-hydrogen) atoms. The summed E-state index contributed by atoms with van der Waals surface area (Å²) in [5.74, 6) is 1.25. The van der Waals surface area contributed by atoms with Crippen LogP contribution in [-0.4, -0.2) is 58.3 Å². The number of sulfonamides is 1. The molecule has 1 amide bonds. The van der Waals surface area contributed by atoms with E-state index < -0.39 is 10.0 Å². The lowest BCUT2D eigenvalue weighted by Gasteiger charge is -2.29. The molecule has 0 saturated carbocycles. The van der Waals surface area contributed by atoms with Crippen LogP contribution in [0.5, 0.6) is 11.5 Å². The molecule has 0 spiro atoms. The second-order valence-corrected chi connectivity index (χ2v) is 9.02. The van der Waals surface area contributed by atoms with Gasteiger partial charge in [0.1, 0.15) is 6.61 Å². The summed E-state index contributed by atoms with van der Waals surface area (Å²) in [6, 6.07) is 12.6. The first-order valence-corrected chi connectivity index (χ1v) is 10.9. The average Bonchev–Trinajstić information content (AvgIpc) is 3.11. The highest BCUT2D eigenvalue weighted by Crippen LogP contribution is 2.32. The van der Waals surface area contributed by atoms with Crippen molar-refractivity contribution in [3.63, 3.8) is 0 Å². The van der Waals surface area contributed by atoms with Crippen LogP contribution in [0.15, 0.2) is 42.5 Å². The molecule has 2 aliphatic rings. The van der Waals surface area contributed by atoms with Crippen molar-refractivity contribution >= 4 is 21.6 Å². The zero-order valence-electron chi connectivity index (χ0n) is 15.8. The van der Waals surface area contributed by atoms with E-state index >= 15 is 0 Å². The number of carbonyl (C=O) groups excluding carboxylic acids is 1. The summed E-state index contributed by atoms with van der Waals surface area (Å²) in [6.07, 6.45) is 1.54. The van der Waals surface area contributed by atoms with Gasteiger partial charge in [-0.05, 0) is 42.3 Å². The fourth-order valence-corrected chi connectivity index (χ4v) is 4.57. The highest BCUT2D eigenvalue weighted by Gasteiger charge is 2.28. The zero-order chi connectivity index (χ0) is 19.9. The lowest BCUT2D eigenvalue weighted by molar-refractivity contribution is 0.0521. The maximum atomic E-state index is 12.8. The van der Waals surface area contributed by atoms with Crippen molar-refractivity contribution in [1.82, 2.24) is 4.90 Å². The van der Waals surface area contributed by atoms with Gasteiger partial charge in [0.15, 0.2) is 17.6 Å². The predicted molar refractivity (Wildman–Crippen MR) is 106 cm³/mol. The predicted octanol–water partition coefficient (Wildman–Crippen LogP) is 1.92. The SMILES string of the molecule is CN(CC1COc2ccccc2O1)C(=O)c1ccc2c(c1)CCN2S(C)(=O)=O. The van der Waals surface area contributed by atoms with E-state index in [9.17, 15) is 13.2 Å². The molecule has 2 heterocycles. The maximum Gasteiger partial charge on any atom is 0.253 e. The third kappa shape index (κ3) is 3.52. The van der Waals surface area contributed by atoms with Gasteiger partial charge < -0.3 is 14.4 Å². The van der Waals surface area contributed by atoms with Gasteiger partial charge in [0, 0.05) is 19.2 Å². The summed E-state index contributed by atoms with van der Waals surface area (Å²) in [5, 5.41) is 0. The Hall–Kier alpha value is -2.74. The van der Waals surface area contributed by atoms with Gasteiger partial charge in [-0.25, -0.2) is 8.42 Å². The number of hydrogen-bond acceptors (Lipinski definition) is 5. The molecule has 8 heteroatoms. The number of nitrogens with zero attached hydrogens (tertiary/aromatic N) is 2. The first-order valence-electron chi connectivity index (χ1n) is 9.07. The lowest BCUT2D eigenvalue weighted by atomic mass is 10.1. The summed E-state index contributed by atoms with van der Waals surface area (Å²) >= 11 is 0. The van der Waals surface area contributed by atoms with Crippen molar-refractivity contribution in [2.45, 2.75) is 12.5 Å². The Morgan fingerprint density at radius 3 is 2.71 bits per heavy atom. The number of hydrogen-bond donors (Lipinski definition) is 0. The molecule has 0 N–H and O–H groups in total. The molecular formula is C20H22N2O5S. The smallest absolute Gasteiger partial charge is 0.253 e. The van der Waals surface area contributed by atoms with Crippen molar-refractivity contribution in [2.75, 3.05) is 37.3 Å². The maximum absolute atomic E-state index is 12.8. The standard InChI is InChI=1S/C20H22N2O5S/c1-21(12-16-13-26-18-5-3-4-6-19(18)27-16)20(23)15-7-8-17-14(11-15)9-10-22(17)28(2,24)25/h3-8,11,16H,9-10,12-13H2,1-2H3. The number of anilines is 1. The number of para-hydroxylation sites is 2. The summed E-state index contributed by atoms with van der Waals surface area (Å²) in [7, 11) is -1.58. The summed E-state index contributed by atoms with van der Waals surface area (Å²) in [4.78, 5) is 14.4. The van der Waals surface area contributed by atoms with Crippen LogP contribution in [0.25, 0.3) is 0 Å². The fraction of sp³-hybridized carbons (Fsp3) is 0.350. The van der Waals surface area contributed by atoms with Crippen LogP contribution in [0.3, 0.4) is 0 Å². The second kappa shape index (κ2) is 7.01. The van der Waals surface area contributed by atoms with E-state index in [1.165, 1.54) is 10.6 Å². The topological polar surface area (TPSA) is 76.2 Å². The van der Waals surface area contributed by atoms with Crippen molar-refractivity contribution in [3.05, 3.63) is 53.6 Å². The minimum absolute atomic E-state index is 0.136. The fourth-order valence-electron chi connectivity index (χ4n) is 3.61. The Balaban J connectivity index is 1.45. The number of carbonyl (C=O) groups is 1. The van der Waals surface area contributed by atoms with Crippen LogP contribution in [-0.2, 0) is 16.4 Å². The average molecular weight is 402 g/mol. The van der Waals surface area contributed by atoms with Crippen molar-refractivity contribution in [2.24, 2.45) is 0 Å². The first kappa shape index (κ1) is 18.6. The Labute approximate surface area is 164 Å². The van der Waals surface area contributed by atoms with Crippen LogP contribution in [0.4, 0.5) is 5.69 Å². The molecule has 7 nitrogen and oxygen atoms in total. The third-order valence-corrected chi connectivity index (χ3v) is 6.15. The van der Waals surface area contributed by atoms with Gasteiger partial charge in [0.05, 0.1) is 18.5 Å². The van der Waals surface area contributed by atoms with E-state index in [0.29, 0.717) is 48.9 Å².